The summed E-state index contributed by atoms with van der Waals surface area (Å²) in [5.74, 6) is -0.00506. The van der Waals surface area contributed by atoms with Gasteiger partial charge in [-0.15, -0.1) is 11.3 Å². The molecule has 3 rings (SSSR count). The Morgan fingerprint density at radius 1 is 1.10 bits per heavy atom. The van der Waals surface area contributed by atoms with E-state index < -0.39 is 0 Å². The molecule has 0 bridgehead atoms. The first-order valence-electron chi connectivity index (χ1n) is 7.04. The van der Waals surface area contributed by atoms with Gasteiger partial charge in [-0.1, -0.05) is 35.9 Å². The van der Waals surface area contributed by atoms with Crippen molar-refractivity contribution in [1.82, 2.24) is 5.32 Å². The largest absolute Gasteiger partial charge is 0.352 e. The highest BCUT2D eigenvalue weighted by atomic mass is 32.1. The highest BCUT2D eigenvalue weighted by molar-refractivity contribution is 7.17. The summed E-state index contributed by atoms with van der Waals surface area (Å²) in [5, 5.41) is 6.47. The lowest BCUT2D eigenvalue weighted by Crippen LogP contribution is -2.25. The van der Waals surface area contributed by atoms with Crippen LogP contribution in [-0.4, -0.2) is 12.5 Å². The lowest BCUT2D eigenvalue weighted by atomic mass is 10.1. The van der Waals surface area contributed by atoms with Crippen LogP contribution in [0.3, 0.4) is 0 Å². The molecule has 1 heterocycles. The Kier molecular flexibility index (Phi) is 4.02. The van der Waals surface area contributed by atoms with E-state index in [2.05, 4.69) is 35.0 Å². The molecule has 3 heteroatoms. The number of rotatable bonds is 4. The number of hydrogen-bond donors (Lipinski definition) is 1. The normalized spacial score (nSPS) is 10.7. The first-order valence-corrected chi connectivity index (χ1v) is 7.92. The number of thiophene rings is 1. The van der Waals surface area contributed by atoms with Crippen LogP contribution in [0.15, 0.2) is 53.9 Å². The van der Waals surface area contributed by atoms with Gasteiger partial charge in [0.2, 0.25) is 0 Å². The van der Waals surface area contributed by atoms with Crippen LogP contribution in [0.1, 0.15) is 21.5 Å². The van der Waals surface area contributed by atoms with Crippen molar-refractivity contribution in [2.45, 2.75) is 13.3 Å². The first-order chi connectivity index (χ1) is 10.2. The summed E-state index contributed by atoms with van der Waals surface area (Å²) < 4.78 is 1.30. The van der Waals surface area contributed by atoms with Crippen LogP contribution in [0.25, 0.3) is 10.1 Å². The van der Waals surface area contributed by atoms with Gasteiger partial charge in [-0.05, 0) is 47.9 Å². The second-order valence-corrected chi connectivity index (χ2v) is 6.04. The molecule has 21 heavy (non-hydrogen) atoms. The minimum absolute atomic E-state index is 0.00506. The number of nitrogens with one attached hydrogen (secondary N) is 1. The van der Waals surface area contributed by atoms with E-state index in [1.165, 1.54) is 15.6 Å². The number of benzene rings is 2. The summed E-state index contributed by atoms with van der Waals surface area (Å²) in [6.45, 7) is 2.68. The Hall–Kier alpha value is -2.13. The van der Waals surface area contributed by atoms with Gasteiger partial charge < -0.3 is 5.32 Å². The molecule has 0 saturated heterocycles. The number of hydrogen-bond acceptors (Lipinski definition) is 2. The van der Waals surface area contributed by atoms with E-state index in [0.717, 1.165) is 17.5 Å². The Morgan fingerprint density at radius 3 is 2.67 bits per heavy atom. The molecule has 2 aromatic carbocycles. The Morgan fingerprint density at radius 2 is 1.86 bits per heavy atom. The molecule has 0 saturated carbocycles. The van der Waals surface area contributed by atoms with Crippen molar-refractivity contribution < 1.29 is 4.79 Å². The van der Waals surface area contributed by atoms with E-state index in [0.29, 0.717) is 6.54 Å². The average Bonchev–Trinajstić information content (AvgIpc) is 2.91. The van der Waals surface area contributed by atoms with E-state index >= 15 is 0 Å². The van der Waals surface area contributed by atoms with E-state index in [9.17, 15) is 4.79 Å². The Bertz CT molecular complexity index is 758. The molecule has 0 aliphatic carbocycles. The number of fused-ring (bicyclic) bond motifs is 1. The highest BCUT2D eigenvalue weighted by Crippen LogP contribution is 2.25. The van der Waals surface area contributed by atoms with Gasteiger partial charge in [0.1, 0.15) is 0 Å². The molecule has 1 N–H and O–H groups in total. The predicted octanol–water partition coefficient (Wildman–Crippen LogP) is 4.18. The van der Waals surface area contributed by atoms with Gasteiger partial charge in [0.15, 0.2) is 0 Å². The molecule has 0 unspecified atom stereocenters. The molecule has 1 amide bonds. The molecule has 2 nitrogen and oxygen atoms in total. The standard InChI is InChI=1S/C18H17NOS/c1-13-6-8-14(9-7-13)18(20)19-11-10-15-12-21-17-5-3-2-4-16(15)17/h2-9,12H,10-11H2,1H3,(H,19,20). The van der Waals surface area contributed by atoms with Crippen LogP contribution < -0.4 is 5.32 Å². The smallest absolute Gasteiger partial charge is 0.251 e. The van der Waals surface area contributed by atoms with Crippen molar-refractivity contribution in [2.24, 2.45) is 0 Å². The molecule has 3 aromatic rings. The molecule has 0 atom stereocenters. The van der Waals surface area contributed by atoms with Crippen LogP contribution in [0, 0.1) is 6.92 Å². The van der Waals surface area contributed by atoms with Crippen LogP contribution in [-0.2, 0) is 6.42 Å². The minimum atomic E-state index is -0.00506. The van der Waals surface area contributed by atoms with Gasteiger partial charge in [0.25, 0.3) is 5.91 Å². The topological polar surface area (TPSA) is 29.1 Å². The monoisotopic (exact) mass is 295 g/mol. The van der Waals surface area contributed by atoms with Gasteiger partial charge in [-0.25, -0.2) is 0 Å². The van der Waals surface area contributed by atoms with Crippen molar-refractivity contribution in [2.75, 3.05) is 6.54 Å². The number of amides is 1. The third kappa shape index (κ3) is 3.14. The third-order valence-corrected chi connectivity index (χ3v) is 4.57. The van der Waals surface area contributed by atoms with E-state index in [-0.39, 0.29) is 5.91 Å². The van der Waals surface area contributed by atoms with Crippen molar-refractivity contribution >= 4 is 27.3 Å². The number of carbonyl (C=O) groups is 1. The molecule has 0 aliphatic heterocycles. The van der Waals surface area contributed by atoms with E-state index in [1.807, 2.05) is 31.2 Å². The molecule has 0 aliphatic rings. The van der Waals surface area contributed by atoms with Gasteiger partial charge in [0.05, 0.1) is 0 Å². The number of carbonyl (C=O) groups excluding carboxylic acids is 1. The van der Waals surface area contributed by atoms with Crippen LogP contribution in [0.5, 0.6) is 0 Å². The van der Waals surface area contributed by atoms with Crippen LogP contribution >= 0.6 is 11.3 Å². The minimum Gasteiger partial charge on any atom is -0.352 e. The highest BCUT2D eigenvalue weighted by Gasteiger charge is 2.06. The van der Waals surface area contributed by atoms with E-state index in [1.54, 1.807) is 11.3 Å². The quantitative estimate of drug-likeness (QED) is 0.768. The zero-order valence-electron chi connectivity index (χ0n) is 11.9. The summed E-state index contributed by atoms with van der Waals surface area (Å²) in [7, 11) is 0. The Balaban J connectivity index is 1.61. The number of aryl methyl sites for hydroxylation is 1. The van der Waals surface area contributed by atoms with Gasteiger partial charge in [-0.2, -0.15) is 0 Å². The maximum absolute atomic E-state index is 12.0. The first kappa shape index (κ1) is 13.8. The fourth-order valence-corrected chi connectivity index (χ4v) is 3.34. The van der Waals surface area contributed by atoms with Gasteiger partial charge in [-0.3, -0.25) is 4.79 Å². The molecule has 0 radical (unpaired) electrons. The van der Waals surface area contributed by atoms with Crippen molar-refractivity contribution in [3.05, 3.63) is 70.6 Å². The fraction of sp³-hybridized carbons (Fsp3) is 0.167. The molecule has 0 fully saturated rings. The maximum Gasteiger partial charge on any atom is 0.251 e. The lowest BCUT2D eigenvalue weighted by Gasteiger charge is -2.05. The van der Waals surface area contributed by atoms with Crippen LogP contribution in [0.4, 0.5) is 0 Å². The summed E-state index contributed by atoms with van der Waals surface area (Å²) in [4.78, 5) is 12.0. The average molecular weight is 295 g/mol. The van der Waals surface area contributed by atoms with E-state index in [4.69, 9.17) is 0 Å². The molecular formula is C18H17NOS. The van der Waals surface area contributed by atoms with Crippen molar-refractivity contribution in [1.29, 1.82) is 0 Å². The summed E-state index contributed by atoms with van der Waals surface area (Å²) in [6.07, 6.45) is 0.863. The van der Waals surface area contributed by atoms with Crippen molar-refractivity contribution in [3.63, 3.8) is 0 Å². The van der Waals surface area contributed by atoms with Crippen molar-refractivity contribution in [3.8, 4) is 0 Å². The molecule has 106 valence electrons. The lowest BCUT2D eigenvalue weighted by molar-refractivity contribution is 0.0954. The molecule has 0 spiro atoms. The Labute approximate surface area is 128 Å². The van der Waals surface area contributed by atoms with Gasteiger partial charge >= 0.3 is 0 Å². The zero-order chi connectivity index (χ0) is 14.7. The summed E-state index contributed by atoms with van der Waals surface area (Å²) in [5.41, 5.74) is 3.19. The molecular weight excluding hydrogens is 278 g/mol. The van der Waals surface area contributed by atoms with Gasteiger partial charge in [0, 0.05) is 16.8 Å². The van der Waals surface area contributed by atoms with Crippen LogP contribution in [0.2, 0.25) is 0 Å². The third-order valence-electron chi connectivity index (χ3n) is 3.55. The zero-order valence-corrected chi connectivity index (χ0v) is 12.7. The fourth-order valence-electron chi connectivity index (χ4n) is 2.34. The summed E-state index contributed by atoms with van der Waals surface area (Å²) >= 11 is 1.76. The molecule has 1 aromatic heterocycles. The summed E-state index contributed by atoms with van der Waals surface area (Å²) in [6, 6.07) is 16.0. The predicted molar refractivity (Wildman–Crippen MR) is 89.0 cm³/mol. The second kappa shape index (κ2) is 6.10. The SMILES string of the molecule is Cc1ccc(C(=O)NCCc2csc3ccccc23)cc1. The maximum atomic E-state index is 12.0. The second-order valence-electron chi connectivity index (χ2n) is 5.13.